The molecule has 0 bridgehead atoms. The predicted molar refractivity (Wildman–Crippen MR) is 79.3 cm³/mol. The van der Waals surface area contributed by atoms with Crippen molar-refractivity contribution in [3.8, 4) is 0 Å². The maximum absolute atomic E-state index is 12.3. The molecule has 0 aliphatic heterocycles. The number of rotatable bonds is 4. The third-order valence-electron chi connectivity index (χ3n) is 2.41. The zero-order chi connectivity index (χ0) is 14.9. The first-order valence-corrected chi connectivity index (χ1v) is 8.36. The molecule has 1 aromatic carbocycles. The Labute approximate surface area is 134 Å². The van der Waals surface area contributed by atoms with E-state index in [1.165, 1.54) is 18.5 Å². The molecule has 0 aliphatic carbocycles. The number of hydrogen-bond donors (Lipinski definition) is 2. The van der Waals surface area contributed by atoms with Gasteiger partial charge in [-0.25, -0.2) is 18.1 Å². The number of aromatic nitrogens is 3. The second-order valence-corrected chi connectivity index (χ2v) is 7.29. The fraction of sp³-hybridized carbons (Fsp3) is 0.200. The second kappa shape index (κ2) is 5.98. The van der Waals surface area contributed by atoms with Gasteiger partial charge in [0.25, 0.3) is 0 Å². The van der Waals surface area contributed by atoms with Gasteiger partial charge in [-0.1, -0.05) is 39.1 Å². The van der Waals surface area contributed by atoms with E-state index < -0.39 is 16.1 Å². The quantitative estimate of drug-likeness (QED) is 0.827. The highest BCUT2D eigenvalue weighted by Gasteiger charge is 2.25. The molecule has 2 aromatic rings. The van der Waals surface area contributed by atoms with Crippen LogP contribution in [0.1, 0.15) is 18.8 Å². The summed E-state index contributed by atoms with van der Waals surface area (Å²) in [5.74, 6) is 0.387. The average Bonchev–Trinajstić information content (AvgIpc) is 2.78. The zero-order valence-electron chi connectivity index (χ0n) is 10.1. The molecule has 1 unspecified atom stereocenters. The second-order valence-electron chi connectivity index (χ2n) is 3.91. The third kappa shape index (κ3) is 3.32. The van der Waals surface area contributed by atoms with Gasteiger partial charge in [-0.2, -0.15) is 5.10 Å². The van der Waals surface area contributed by atoms with E-state index in [9.17, 15) is 8.42 Å². The first kappa shape index (κ1) is 15.7. The molecule has 20 heavy (non-hydrogen) atoms. The van der Waals surface area contributed by atoms with Crippen molar-refractivity contribution in [3.63, 3.8) is 0 Å². The van der Waals surface area contributed by atoms with Crippen molar-refractivity contribution in [2.24, 2.45) is 0 Å². The SMILES string of the molecule is CC(NS(=O)(=O)c1c(Cl)cc(Br)cc1Cl)c1ncn[nH]1. The van der Waals surface area contributed by atoms with Crippen LogP contribution in [-0.4, -0.2) is 23.6 Å². The summed E-state index contributed by atoms with van der Waals surface area (Å²) in [5.41, 5.74) is 0. The molecule has 0 fully saturated rings. The Kier molecular flexibility index (Phi) is 4.70. The van der Waals surface area contributed by atoms with Gasteiger partial charge in [0.1, 0.15) is 17.0 Å². The third-order valence-corrected chi connectivity index (χ3v) is 5.33. The molecule has 2 N–H and O–H groups in total. The lowest BCUT2D eigenvalue weighted by molar-refractivity contribution is 0.560. The van der Waals surface area contributed by atoms with E-state index in [0.717, 1.165) is 0 Å². The van der Waals surface area contributed by atoms with Crippen LogP contribution in [-0.2, 0) is 10.0 Å². The summed E-state index contributed by atoms with van der Waals surface area (Å²) in [7, 11) is -3.89. The standard InChI is InChI=1S/C10H9BrCl2N4O2S/c1-5(10-14-4-15-16-10)17-20(18,19)9-7(12)2-6(11)3-8(9)13/h2-5,17H,1H3,(H,14,15,16). The van der Waals surface area contributed by atoms with Gasteiger partial charge in [-0.3, -0.25) is 5.10 Å². The molecule has 0 amide bonds. The molecule has 1 heterocycles. The molecule has 1 aromatic heterocycles. The van der Waals surface area contributed by atoms with E-state index in [-0.39, 0.29) is 14.9 Å². The van der Waals surface area contributed by atoms with Crippen LogP contribution in [0.3, 0.4) is 0 Å². The van der Waals surface area contributed by atoms with Crippen molar-refractivity contribution < 1.29 is 8.42 Å². The first-order chi connectivity index (χ1) is 9.31. The highest BCUT2D eigenvalue weighted by atomic mass is 79.9. The van der Waals surface area contributed by atoms with E-state index in [1.807, 2.05) is 0 Å². The van der Waals surface area contributed by atoms with E-state index in [0.29, 0.717) is 10.3 Å². The minimum Gasteiger partial charge on any atom is -0.262 e. The van der Waals surface area contributed by atoms with Gasteiger partial charge in [-0.15, -0.1) is 0 Å². The lowest BCUT2D eigenvalue weighted by Gasteiger charge is -2.14. The molecule has 108 valence electrons. The predicted octanol–water partition coefficient (Wildman–Crippen LogP) is 2.91. The monoisotopic (exact) mass is 398 g/mol. The molecule has 0 aliphatic rings. The number of hydrogen-bond acceptors (Lipinski definition) is 4. The van der Waals surface area contributed by atoms with Crippen LogP contribution in [0.2, 0.25) is 10.0 Å². The van der Waals surface area contributed by atoms with Crippen molar-refractivity contribution in [2.75, 3.05) is 0 Å². The summed E-state index contributed by atoms with van der Waals surface area (Å²) in [6.45, 7) is 1.62. The number of nitrogens with one attached hydrogen (secondary N) is 2. The molecule has 2 rings (SSSR count). The Morgan fingerprint density at radius 1 is 1.35 bits per heavy atom. The molecule has 6 nitrogen and oxygen atoms in total. The van der Waals surface area contributed by atoms with Gasteiger partial charge < -0.3 is 0 Å². The summed E-state index contributed by atoms with van der Waals surface area (Å²) in [4.78, 5) is 3.71. The molecule has 0 saturated heterocycles. The highest BCUT2D eigenvalue weighted by molar-refractivity contribution is 9.10. The van der Waals surface area contributed by atoms with Gasteiger partial charge in [0.05, 0.1) is 16.1 Å². The fourth-order valence-electron chi connectivity index (χ4n) is 1.56. The van der Waals surface area contributed by atoms with E-state index >= 15 is 0 Å². The van der Waals surface area contributed by atoms with Crippen LogP contribution in [0.4, 0.5) is 0 Å². The van der Waals surface area contributed by atoms with E-state index in [2.05, 4.69) is 35.8 Å². The van der Waals surface area contributed by atoms with Gasteiger partial charge in [0, 0.05) is 4.47 Å². The van der Waals surface area contributed by atoms with E-state index in [4.69, 9.17) is 23.2 Å². The van der Waals surface area contributed by atoms with Crippen LogP contribution in [0.15, 0.2) is 27.8 Å². The topological polar surface area (TPSA) is 87.7 Å². The molecule has 1 atom stereocenters. The average molecular weight is 400 g/mol. The number of H-pyrrole nitrogens is 1. The Morgan fingerprint density at radius 2 is 1.95 bits per heavy atom. The molecule has 0 spiro atoms. The highest BCUT2D eigenvalue weighted by Crippen LogP contribution is 2.33. The van der Waals surface area contributed by atoms with Crippen LogP contribution >= 0.6 is 39.1 Å². The largest absolute Gasteiger partial charge is 0.262 e. The first-order valence-electron chi connectivity index (χ1n) is 5.33. The Bertz CT molecular complexity index is 698. The van der Waals surface area contributed by atoms with Crippen molar-refractivity contribution >= 4 is 49.2 Å². The zero-order valence-corrected chi connectivity index (χ0v) is 14.0. The lowest BCUT2D eigenvalue weighted by atomic mass is 10.3. The lowest BCUT2D eigenvalue weighted by Crippen LogP contribution is -2.28. The summed E-state index contributed by atoms with van der Waals surface area (Å²) >= 11 is 15.1. The molecule has 0 saturated carbocycles. The number of halogens is 3. The Morgan fingerprint density at radius 3 is 2.45 bits per heavy atom. The smallest absolute Gasteiger partial charge is 0.244 e. The van der Waals surface area contributed by atoms with Crippen LogP contribution in [0, 0.1) is 0 Å². The molecular formula is C10H9BrCl2N4O2S. The van der Waals surface area contributed by atoms with Gasteiger partial charge in [0.2, 0.25) is 10.0 Å². The summed E-state index contributed by atoms with van der Waals surface area (Å²) in [5, 5.41) is 6.31. The van der Waals surface area contributed by atoms with Crippen molar-refractivity contribution in [3.05, 3.63) is 38.8 Å². The maximum atomic E-state index is 12.3. The van der Waals surface area contributed by atoms with Crippen LogP contribution < -0.4 is 4.72 Å². The van der Waals surface area contributed by atoms with E-state index in [1.54, 1.807) is 6.92 Å². The summed E-state index contributed by atoms with van der Waals surface area (Å²) < 4.78 is 27.7. The minimum absolute atomic E-state index is 0.0293. The number of benzene rings is 1. The number of aromatic amines is 1. The molecule has 0 radical (unpaired) electrons. The van der Waals surface area contributed by atoms with Crippen molar-refractivity contribution in [2.45, 2.75) is 17.9 Å². The Balaban J connectivity index is 2.37. The van der Waals surface area contributed by atoms with Gasteiger partial charge >= 0.3 is 0 Å². The van der Waals surface area contributed by atoms with Gasteiger partial charge in [0.15, 0.2) is 0 Å². The summed E-state index contributed by atoms with van der Waals surface area (Å²) in [6, 6.07) is 2.32. The van der Waals surface area contributed by atoms with Crippen LogP contribution in [0.25, 0.3) is 0 Å². The molecule has 10 heteroatoms. The normalized spacial score (nSPS) is 13.4. The maximum Gasteiger partial charge on any atom is 0.244 e. The molecular weight excluding hydrogens is 391 g/mol. The summed E-state index contributed by atoms with van der Waals surface area (Å²) in [6.07, 6.45) is 1.29. The van der Waals surface area contributed by atoms with Crippen LogP contribution in [0.5, 0.6) is 0 Å². The van der Waals surface area contributed by atoms with Crippen molar-refractivity contribution in [1.29, 1.82) is 0 Å². The van der Waals surface area contributed by atoms with Gasteiger partial charge in [-0.05, 0) is 19.1 Å². The fourth-order valence-corrected chi connectivity index (χ4v) is 4.70. The Hall–Kier alpha value is -0.670. The minimum atomic E-state index is -3.89. The van der Waals surface area contributed by atoms with Crippen molar-refractivity contribution in [1.82, 2.24) is 19.9 Å². The number of nitrogens with zero attached hydrogens (tertiary/aromatic N) is 2. The number of sulfonamides is 1.